The Kier molecular flexibility index (Phi) is 3.79. The van der Waals surface area contributed by atoms with Gasteiger partial charge in [0.2, 0.25) is 5.91 Å². The summed E-state index contributed by atoms with van der Waals surface area (Å²) < 4.78 is 5.71. The highest BCUT2D eigenvalue weighted by Crippen LogP contribution is 2.48. The van der Waals surface area contributed by atoms with Gasteiger partial charge < -0.3 is 14.7 Å². The van der Waals surface area contributed by atoms with Crippen LogP contribution in [0.4, 0.5) is 5.00 Å². The van der Waals surface area contributed by atoms with E-state index >= 15 is 0 Å². The molecule has 23 heavy (non-hydrogen) atoms. The Hall–Kier alpha value is -2.09. The molecule has 0 spiro atoms. The van der Waals surface area contributed by atoms with E-state index in [0.29, 0.717) is 29.3 Å². The number of thiophene rings is 1. The Labute approximate surface area is 137 Å². The molecule has 7 nitrogen and oxygen atoms in total. The van der Waals surface area contributed by atoms with Crippen LogP contribution in [0.15, 0.2) is 11.8 Å². The molecule has 8 heteroatoms. The molecular formula is C15H18N2O5S. The van der Waals surface area contributed by atoms with Crippen molar-refractivity contribution in [1.82, 2.24) is 4.90 Å². The fraction of sp³-hybridized carbons (Fsp3) is 0.533. The molecule has 1 saturated heterocycles. The first-order chi connectivity index (χ1) is 10.8. The fourth-order valence-corrected chi connectivity index (χ4v) is 3.83. The van der Waals surface area contributed by atoms with Gasteiger partial charge in [-0.15, -0.1) is 0 Å². The van der Waals surface area contributed by atoms with Crippen molar-refractivity contribution in [2.45, 2.75) is 45.1 Å². The Morgan fingerprint density at radius 2 is 2.13 bits per heavy atom. The van der Waals surface area contributed by atoms with Crippen LogP contribution in [0.3, 0.4) is 0 Å². The third-order valence-electron chi connectivity index (χ3n) is 4.08. The first-order valence-electron chi connectivity index (χ1n) is 7.53. The van der Waals surface area contributed by atoms with Gasteiger partial charge in [-0.25, -0.2) is 0 Å². The molecule has 0 unspecified atom stereocenters. The molecule has 1 N–H and O–H groups in total. The number of likely N-dealkylation sites (tertiary alicyclic amines) is 1. The molecule has 1 aromatic heterocycles. The molecule has 0 bridgehead atoms. The van der Waals surface area contributed by atoms with Crippen LogP contribution in [0.2, 0.25) is 0 Å². The minimum Gasteiger partial charge on any atom is -0.506 e. The number of rotatable bonds is 2. The number of fused-ring (bicyclic) bond motifs is 1. The van der Waals surface area contributed by atoms with Crippen LogP contribution in [0, 0.1) is 10.1 Å². The number of aliphatic hydroxyl groups excluding tert-OH is 1. The second kappa shape index (κ2) is 5.52. The lowest BCUT2D eigenvalue weighted by molar-refractivity contribution is -0.380. The van der Waals surface area contributed by atoms with Crippen LogP contribution in [0.5, 0.6) is 5.75 Å². The monoisotopic (exact) mass is 338 g/mol. The average molecular weight is 338 g/mol. The molecule has 2 aliphatic rings. The molecule has 0 saturated carbocycles. The largest absolute Gasteiger partial charge is 0.506 e. The molecule has 2 aliphatic heterocycles. The van der Waals surface area contributed by atoms with Gasteiger partial charge in [0, 0.05) is 13.0 Å². The van der Waals surface area contributed by atoms with Gasteiger partial charge in [-0.2, -0.15) is 0 Å². The van der Waals surface area contributed by atoms with Crippen molar-refractivity contribution in [3.8, 4) is 5.75 Å². The molecular weight excluding hydrogens is 320 g/mol. The van der Waals surface area contributed by atoms with Gasteiger partial charge in [-0.1, -0.05) is 17.8 Å². The lowest BCUT2D eigenvalue weighted by Crippen LogP contribution is -2.39. The van der Waals surface area contributed by atoms with Crippen molar-refractivity contribution in [3.63, 3.8) is 0 Å². The Morgan fingerprint density at radius 3 is 2.83 bits per heavy atom. The Bertz CT molecular complexity index is 707. The Balaban J connectivity index is 2.15. The quantitative estimate of drug-likeness (QED) is 0.658. The van der Waals surface area contributed by atoms with E-state index in [1.165, 1.54) is 6.07 Å². The van der Waals surface area contributed by atoms with Gasteiger partial charge in [-0.3, -0.25) is 14.9 Å². The number of ether oxygens (including phenoxy) is 1. The van der Waals surface area contributed by atoms with Crippen LogP contribution >= 0.6 is 11.3 Å². The topological polar surface area (TPSA) is 92.9 Å². The van der Waals surface area contributed by atoms with E-state index in [9.17, 15) is 20.0 Å². The van der Waals surface area contributed by atoms with Gasteiger partial charge in [0.05, 0.1) is 11.0 Å². The van der Waals surface area contributed by atoms with Gasteiger partial charge in [0.15, 0.2) is 11.4 Å². The average Bonchev–Trinajstić information content (AvgIpc) is 2.76. The van der Waals surface area contributed by atoms with E-state index < -0.39 is 10.5 Å². The summed E-state index contributed by atoms with van der Waals surface area (Å²) in [5.41, 5.74) is -0.676. The molecule has 124 valence electrons. The highest BCUT2D eigenvalue weighted by Gasteiger charge is 2.41. The first-order valence-corrected chi connectivity index (χ1v) is 8.34. The summed E-state index contributed by atoms with van der Waals surface area (Å²) in [6, 6.07) is 1.36. The molecule has 1 amide bonds. The van der Waals surface area contributed by atoms with Crippen LogP contribution in [-0.4, -0.2) is 33.0 Å². The van der Waals surface area contributed by atoms with E-state index in [0.717, 1.165) is 30.6 Å². The van der Waals surface area contributed by atoms with Gasteiger partial charge in [-0.05, 0) is 26.7 Å². The number of hydrogen-bond donors (Lipinski definition) is 1. The summed E-state index contributed by atoms with van der Waals surface area (Å²) in [6.45, 7) is 3.85. The second-order valence-corrected chi connectivity index (χ2v) is 7.23. The third kappa shape index (κ3) is 2.67. The van der Waals surface area contributed by atoms with Crippen LogP contribution in [0.1, 0.15) is 44.4 Å². The van der Waals surface area contributed by atoms with Crippen LogP contribution in [-0.2, 0) is 4.79 Å². The summed E-state index contributed by atoms with van der Waals surface area (Å²) in [5, 5.41) is 21.6. The molecule has 0 aliphatic carbocycles. The molecule has 1 fully saturated rings. The third-order valence-corrected chi connectivity index (χ3v) is 5.16. The Morgan fingerprint density at radius 1 is 1.39 bits per heavy atom. The summed E-state index contributed by atoms with van der Waals surface area (Å²) in [5.74, 6) is 0.220. The maximum absolute atomic E-state index is 12.4. The fourth-order valence-electron chi connectivity index (χ4n) is 2.88. The number of carbonyl (C=O) groups is 1. The SMILES string of the molecule is CC1(C)Oc2cc([N+](=O)[O-])sc2C(N2CCCCCC2=O)=C1O. The van der Waals surface area contributed by atoms with Gasteiger partial charge in [0.25, 0.3) is 0 Å². The van der Waals surface area contributed by atoms with Crippen molar-refractivity contribution in [2.75, 3.05) is 6.54 Å². The van der Waals surface area contributed by atoms with E-state index in [-0.39, 0.29) is 16.7 Å². The molecule has 0 radical (unpaired) electrons. The van der Waals surface area contributed by atoms with Gasteiger partial charge in [0.1, 0.15) is 16.3 Å². The van der Waals surface area contributed by atoms with E-state index in [1.54, 1.807) is 18.7 Å². The summed E-state index contributed by atoms with van der Waals surface area (Å²) in [7, 11) is 0. The molecule has 3 rings (SSSR count). The van der Waals surface area contributed by atoms with Crippen molar-refractivity contribution >= 4 is 27.9 Å². The number of hydrogen-bond acceptors (Lipinski definition) is 6. The van der Waals surface area contributed by atoms with Crippen molar-refractivity contribution in [2.24, 2.45) is 0 Å². The van der Waals surface area contributed by atoms with Crippen LogP contribution < -0.4 is 4.74 Å². The lowest BCUT2D eigenvalue weighted by atomic mass is 10.00. The predicted octanol–water partition coefficient (Wildman–Crippen LogP) is 3.46. The summed E-state index contributed by atoms with van der Waals surface area (Å²) in [6.07, 6.45) is 3.03. The minimum absolute atomic E-state index is 0.0583. The first kappa shape index (κ1) is 15.8. The van der Waals surface area contributed by atoms with E-state index in [4.69, 9.17) is 4.74 Å². The van der Waals surface area contributed by atoms with Crippen molar-refractivity contribution in [3.05, 3.63) is 26.8 Å². The van der Waals surface area contributed by atoms with Crippen molar-refractivity contribution < 1.29 is 19.6 Å². The predicted molar refractivity (Wildman–Crippen MR) is 85.4 cm³/mol. The number of nitrogens with zero attached hydrogens (tertiary/aromatic N) is 2. The molecule has 0 aromatic carbocycles. The number of carbonyl (C=O) groups excluding carboxylic acids is 1. The number of amides is 1. The van der Waals surface area contributed by atoms with Crippen molar-refractivity contribution in [1.29, 1.82) is 0 Å². The summed E-state index contributed by atoms with van der Waals surface area (Å²) in [4.78, 5) is 25.0. The molecule has 0 atom stereocenters. The summed E-state index contributed by atoms with van der Waals surface area (Å²) >= 11 is 0.923. The van der Waals surface area contributed by atoms with Crippen LogP contribution in [0.25, 0.3) is 5.70 Å². The maximum atomic E-state index is 12.4. The minimum atomic E-state index is -1.04. The molecule has 1 aromatic rings. The number of nitro groups is 1. The van der Waals surface area contributed by atoms with Gasteiger partial charge >= 0.3 is 5.00 Å². The standard InChI is InChI=1S/C15H18N2O5S/c1-15(2)14(19)12(16-7-5-3-4-6-10(16)18)13-9(22-15)8-11(23-13)17(20)21/h8,19H,3-7H2,1-2H3. The number of aliphatic hydroxyl groups is 1. The van der Waals surface area contributed by atoms with E-state index in [2.05, 4.69) is 0 Å². The zero-order valence-corrected chi connectivity index (χ0v) is 13.8. The zero-order chi connectivity index (χ0) is 16.8. The highest BCUT2D eigenvalue weighted by atomic mass is 32.1. The normalized spacial score (nSPS) is 20.8. The lowest BCUT2D eigenvalue weighted by Gasteiger charge is -2.35. The van der Waals surface area contributed by atoms with E-state index in [1.807, 2.05) is 0 Å². The highest BCUT2D eigenvalue weighted by molar-refractivity contribution is 7.16. The molecule has 3 heterocycles. The maximum Gasteiger partial charge on any atom is 0.328 e. The smallest absolute Gasteiger partial charge is 0.328 e. The zero-order valence-electron chi connectivity index (χ0n) is 13.0. The second-order valence-electron chi connectivity index (χ2n) is 6.20.